The highest BCUT2D eigenvalue weighted by atomic mass is 16.7. The normalized spacial score (nSPS) is 13.0. The SMILES string of the molecule is CCCCCCC/C=C\C/C=C\C/C=C\CCCCCCCCCCC(=O)OC(COC(=O)CCCCCCCCCCCCCCCCCCCCC)COC(OCC[N+](C)(C)C)C(=O)O. The summed E-state index contributed by atoms with van der Waals surface area (Å²) < 4.78 is 22.9. The number of hydrogen-bond donors (Lipinski definition) is 1. The minimum absolute atomic E-state index is 0.182. The molecule has 392 valence electrons. The lowest BCUT2D eigenvalue weighted by atomic mass is 10.0. The van der Waals surface area contributed by atoms with Crippen LogP contribution in [0.4, 0.5) is 0 Å². The number of carboxylic acids is 1. The molecule has 0 aliphatic heterocycles. The van der Waals surface area contributed by atoms with Gasteiger partial charge in [0.05, 0.1) is 34.4 Å². The van der Waals surface area contributed by atoms with Gasteiger partial charge >= 0.3 is 17.9 Å². The lowest BCUT2D eigenvalue weighted by Crippen LogP contribution is -2.40. The quantitative estimate of drug-likeness (QED) is 0.0211. The fourth-order valence-electron chi connectivity index (χ4n) is 8.02. The van der Waals surface area contributed by atoms with Gasteiger partial charge in [0.15, 0.2) is 6.10 Å². The van der Waals surface area contributed by atoms with Crippen LogP contribution >= 0.6 is 0 Å². The Morgan fingerprint density at radius 3 is 1.19 bits per heavy atom. The van der Waals surface area contributed by atoms with Gasteiger partial charge in [-0.2, -0.15) is 0 Å². The summed E-state index contributed by atoms with van der Waals surface area (Å²) in [4.78, 5) is 37.4. The number of hydrogen-bond acceptors (Lipinski definition) is 7. The van der Waals surface area contributed by atoms with Crippen LogP contribution in [0.2, 0.25) is 0 Å². The van der Waals surface area contributed by atoms with E-state index in [9.17, 15) is 19.5 Å². The maximum Gasteiger partial charge on any atom is 0.361 e. The molecule has 0 fully saturated rings. The summed E-state index contributed by atoms with van der Waals surface area (Å²) in [6.07, 6.45) is 56.4. The number of carbonyl (C=O) groups is 3. The second-order valence-corrected chi connectivity index (χ2v) is 20.3. The van der Waals surface area contributed by atoms with Gasteiger partial charge in [0.1, 0.15) is 13.2 Å². The summed E-state index contributed by atoms with van der Waals surface area (Å²) in [6, 6.07) is 0. The topological polar surface area (TPSA) is 108 Å². The van der Waals surface area contributed by atoms with Crippen LogP contribution in [0, 0.1) is 0 Å². The van der Waals surface area contributed by atoms with Crippen LogP contribution in [0.5, 0.6) is 0 Å². The molecule has 0 saturated carbocycles. The molecule has 0 heterocycles. The number of rotatable bonds is 52. The standard InChI is InChI=1S/C58H107NO8/c1-6-8-10-12-14-16-18-20-22-24-26-27-28-29-31-33-35-37-39-41-43-45-47-49-56(61)67-54(53-66-58(57(62)63)64-51-50-59(3,4)5)52-65-55(60)48-46-44-42-40-38-36-34-32-30-25-23-21-19-17-15-13-11-9-7-2/h18,20,24,26,28-29,54,58H,6-17,19,21-23,25,27,30-53H2,1-5H3/p+1/b20-18-,26-24-,29-28-. The molecule has 0 spiro atoms. The van der Waals surface area contributed by atoms with E-state index in [-0.39, 0.29) is 32.2 Å². The zero-order valence-electron chi connectivity index (χ0n) is 44.6. The van der Waals surface area contributed by atoms with Crippen LogP contribution in [0.1, 0.15) is 258 Å². The van der Waals surface area contributed by atoms with Crippen LogP contribution in [0.25, 0.3) is 0 Å². The molecule has 2 unspecified atom stereocenters. The highest BCUT2D eigenvalue weighted by Gasteiger charge is 2.25. The molecule has 0 aromatic carbocycles. The Bertz CT molecular complexity index is 1190. The molecule has 0 aromatic heterocycles. The highest BCUT2D eigenvalue weighted by Crippen LogP contribution is 2.16. The number of esters is 2. The zero-order chi connectivity index (χ0) is 49.2. The smallest absolute Gasteiger partial charge is 0.361 e. The van der Waals surface area contributed by atoms with Crippen molar-refractivity contribution in [1.82, 2.24) is 0 Å². The van der Waals surface area contributed by atoms with Crippen molar-refractivity contribution >= 4 is 17.9 Å². The molecule has 2 atom stereocenters. The first-order valence-electron chi connectivity index (χ1n) is 28.2. The van der Waals surface area contributed by atoms with Crippen molar-refractivity contribution in [2.45, 2.75) is 270 Å². The van der Waals surface area contributed by atoms with Crippen molar-refractivity contribution in [2.75, 3.05) is 47.5 Å². The third-order valence-electron chi connectivity index (χ3n) is 12.4. The number of likely N-dealkylation sites (N-methyl/N-ethyl adjacent to an activating group) is 1. The maximum atomic E-state index is 12.9. The summed E-state index contributed by atoms with van der Waals surface area (Å²) in [6.45, 7) is 4.89. The summed E-state index contributed by atoms with van der Waals surface area (Å²) in [7, 11) is 5.97. The summed E-state index contributed by atoms with van der Waals surface area (Å²) in [5.74, 6) is -2.00. The van der Waals surface area contributed by atoms with Gasteiger partial charge in [0.25, 0.3) is 6.29 Å². The van der Waals surface area contributed by atoms with Crippen LogP contribution < -0.4 is 0 Å². The van der Waals surface area contributed by atoms with Gasteiger partial charge in [-0.15, -0.1) is 0 Å². The number of carbonyl (C=O) groups excluding carboxylic acids is 2. The molecule has 0 aromatic rings. The molecule has 0 aliphatic carbocycles. The Balaban J connectivity index is 4.28. The van der Waals surface area contributed by atoms with Crippen LogP contribution in [0.3, 0.4) is 0 Å². The van der Waals surface area contributed by atoms with E-state index in [0.717, 1.165) is 57.8 Å². The van der Waals surface area contributed by atoms with Gasteiger partial charge in [-0.05, 0) is 51.4 Å². The molecule has 0 bridgehead atoms. The van der Waals surface area contributed by atoms with Gasteiger partial charge in [-0.1, -0.05) is 230 Å². The van der Waals surface area contributed by atoms with Crippen molar-refractivity contribution in [3.8, 4) is 0 Å². The molecule has 1 N–H and O–H groups in total. The van der Waals surface area contributed by atoms with E-state index in [1.807, 2.05) is 21.1 Å². The Hall–Kier alpha value is -2.49. The fourth-order valence-corrected chi connectivity index (χ4v) is 8.02. The second kappa shape index (κ2) is 49.9. The third kappa shape index (κ3) is 51.2. The van der Waals surface area contributed by atoms with Crippen molar-refractivity contribution in [1.29, 1.82) is 0 Å². The molecule has 9 heteroatoms. The molecular weight excluding hydrogens is 839 g/mol. The summed E-state index contributed by atoms with van der Waals surface area (Å²) in [5, 5.41) is 9.69. The van der Waals surface area contributed by atoms with E-state index in [1.54, 1.807) is 0 Å². The van der Waals surface area contributed by atoms with Gasteiger partial charge in [-0.3, -0.25) is 9.59 Å². The fraction of sp³-hybridized carbons (Fsp3) is 0.845. The van der Waals surface area contributed by atoms with Crippen LogP contribution in [0.15, 0.2) is 36.5 Å². The number of carboxylic acid groups (broad SMARTS) is 1. The van der Waals surface area contributed by atoms with Gasteiger partial charge in [-0.25, -0.2) is 4.79 Å². The Morgan fingerprint density at radius 1 is 0.448 bits per heavy atom. The predicted molar refractivity (Wildman–Crippen MR) is 281 cm³/mol. The Morgan fingerprint density at radius 2 is 0.806 bits per heavy atom. The van der Waals surface area contributed by atoms with Gasteiger partial charge in [0.2, 0.25) is 0 Å². The average Bonchev–Trinajstić information content (AvgIpc) is 3.29. The number of unbranched alkanes of at least 4 members (excludes halogenated alkanes) is 31. The van der Waals surface area contributed by atoms with E-state index in [0.29, 0.717) is 23.9 Å². The largest absolute Gasteiger partial charge is 0.477 e. The number of nitrogens with zero attached hydrogens (tertiary/aromatic N) is 1. The molecule has 0 aliphatic rings. The Labute approximate surface area is 413 Å². The number of allylic oxidation sites excluding steroid dienone is 6. The van der Waals surface area contributed by atoms with E-state index >= 15 is 0 Å². The highest BCUT2D eigenvalue weighted by molar-refractivity contribution is 5.71. The molecule has 0 saturated heterocycles. The monoisotopic (exact) mass is 947 g/mol. The minimum Gasteiger partial charge on any atom is -0.477 e. The maximum absolute atomic E-state index is 12.9. The summed E-state index contributed by atoms with van der Waals surface area (Å²) in [5.41, 5.74) is 0. The number of aliphatic carboxylic acids is 1. The molecule has 0 amide bonds. The predicted octanol–water partition coefficient (Wildman–Crippen LogP) is 16.1. The second-order valence-electron chi connectivity index (χ2n) is 20.3. The lowest BCUT2D eigenvalue weighted by molar-refractivity contribution is -0.870. The van der Waals surface area contributed by atoms with E-state index in [2.05, 4.69) is 50.3 Å². The molecule has 67 heavy (non-hydrogen) atoms. The van der Waals surface area contributed by atoms with Crippen LogP contribution in [-0.2, 0) is 33.3 Å². The molecule has 0 radical (unpaired) electrons. The van der Waals surface area contributed by atoms with Crippen molar-refractivity contribution < 1.29 is 42.9 Å². The minimum atomic E-state index is -1.51. The zero-order valence-corrected chi connectivity index (χ0v) is 44.6. The third-order valence-corrected chi connectivity index (χ3v) is 12.4. The molecular formula is C58H108NO8+. The first-order chi connectivity index (χ1) is 32.6. The summed E-state index contributed by atoms with van der Waals surface area (Å²) >= 11 is 0. The first kappa shape index (κ1) is 64.5. The van der Waals surface area contributed by atoms with Crippen molar-refractivity contribution in [2.24, 2.45) is 0 Å². The number of ether oxygens (including phenoxy) is 4. The molecule has 9 nitrogen and oxygen atoms in total. The van der Waals surface area contributed by atoms with Crippen LogP contribution in [-0.4, -0.2) is 87.4 Å². The Kier molecular flexibility index (Phi) is 48.1. The molecule has 0 rings (SSSR count). The van der Waals surface area contributed by atoms with Crippen molar-refractivity contribution in [3.05, 3.63) is 36.5 Å². The van der Waals surface area contributed by atoms with E-state index in [4.69, 9.17) is 18.9 Å². The van der Waals surface area contributed by atoms with E-state index in [1.165, 1.54) is 167 Å². The average molecular weight is 948 g/mol. The lowest BCUT2D eigenvalue weighted by Gasteiger charge is -2.25. The van der Waals surface area contributed by atoms with Gasteiger partial charge in [0, 0.05) is 12.8 Å². The first-order valence-corrected chi connectivity index (χ1v) is 28.2. The van der Waals surface area contributed by atoms with E-state index < -0.39 is 24.3 Å². The van der Waals surface area contributed by atoms with Gasteiger partial charge < -0.3 is 28.5 Å². The number of quaternary nitrogens is 1. The van der Waals surface area contributed by atoms with Crippen molar-refractivity contribution in [3.63, 3.8) is 0 Å².